The van der Waals surface area contributed by atoms with Crippen LogP contribution < -0.4 is 10.6 Å². The lowest BCUT2D eigenvalue weighted by Gasteiger charge is -2.08. The number of carbonyl (C=O) groups excluding carboxylic acids is 1. The van der Waals surface area contributed by atoms with Crippen LogP contribution in [-0.4, -0.2) is 24.0 Å². The van der Waals surface area contributed by atoms with Crippen molar-refractivity contribution >= 4 is 34.9 Å². The molecule has 0 unspecified atom stereocenters. The number of rotatable bonds is 7. The molecule has 1 heterocycles. The first-order valence-corrected chi connectivity index (χ1v) is 7.88. The average molecular weight is 350 g/mol. The van der Waals surface area contributed by atoms with Crippen molar-refractivity contribution < 1.29 is 4.79 Å². The Balaban J connectivity index is 1.85. The van der Waals surface area contributed by atoms with E-state index in [2.05, 4.69) is 22.2 Å². The number of aromatic nitrogens is 1. The monoisotopic (exact) mass is 349 g/mol. The van der Waals surface area contributed by atoms with E-state index in [9.17, 15) is 4.79 Å². The number of hydrogen-bond donors (Lipinski definition) is 2. The van der Waals surface area contributed by atoms with E-state index in [0.717, 1.165) is 5.56 Å². The molecule has 1 amide bonds. The van der Waals surface area contributed by atoms with Crippen LogP contribution in [0.25, 0.3) is 0 Å². The van der Waals surface area contributed by atoms with Crippen LogP contribution in [0.15, 0.2) is 49.2 Å². The van der Waals surface area contributed by atoms with Crippen molar-refractivity contribution in [3.8, 4) is 0 Å². The zero-order valence-corrected chi connectivity index (χ0v) is 14.0. The van der Waals surface area contributed by atoms with Crippen LogP contribution in [0, 0.1) is 0 Å². The SMILES string of the molecule is C=CCNc1ccc(C(=O)NCCc2ccc(Cl)cc2Cl)cn1. The maximum atomic E-state index is 12.1. The lowest BCUT2D eigenvalue weighted by Crippen LogP contribution is -2.25. The number of amides is 1. The summed E-state index contributed by atoms with van der Waals surface area (Å²) in [6, 6.07) is 8.82. The molecule has 2 rings (SSSR count). The van der Waals surface area contributed by atoms with E-state index in [1.807, 2.05) is 6.07 Å². The van der Waals surface area contributed by atoms with Crippen LogP contribution in [0.5, 0.6) is 0 Å². The first-order valence-electron chi connectivity index (χ1n) is 7.13. The fourth-order valence-electron chi connectivity index (χ4n) is 1.95. The maximum absolute atomic E-state index is 12.1. The summed E-state index contributed by atoms with van der Waals surface area (Å²) in [5.74, 6) is 0.534. The molecule has 0 fully saturated rings. The molecular formula is C17H17Cl2N3O. The number of nitrogens with one attached hydrogen (secondary N) is 2. The Kier molecular flexibility index (Phi) is 6.44. The van der Waals surface area contributed by atoms with Crippen molar-refractivity contribution in [2.24, 2.45) is 0 Å². The van der Waals surface area contributed by atoms with Crippen LogP contribution in [0.1, 0.15) is 15.9 Å². The predicted octanol–water partition coefficient (Wildman–Crippen LogP) is 3.96. The van der Waals surface area contributed by atoms with Crippen molar-refractivity contribution in [3.63, 3.8) is 0 Å². The summed E-state index contributed by atoms with van der Waals surface area (Å²) in [7, 11) is 0. The third-order valence-electron chi connectivity index (χ3n) is 3.15. The molecule has 0 aliphatic rings. The van der Waals surface area contributed by atoms with E-state index in [4.69, 9.17) is 23.2 Å². The van der Waals surface area contributed by atoms with Crippen LogP contribution in [0.4, 0.5) is 5.82 Å². The molecule has 1 aromatic heterocycles. The van der Waals surface area contributed by atoms with Crippen molar-refractivity contribution in [3.05, 3.63) is 70.4 Å². The van der Waals surface area contributed by atoms with E-state index in [1.54, 1.807) is 30.3 Å². The van der Waals surface area contributed by atoms with Gasteiger partial charge in [-0.25, -0.2) is 4.98 Å². The number of carbonyl (C=O) groups is 1. The molecule has 6 heteroatoms. The van der Waals surface area contributed by atoms with E-state index >= 15 is 0 Å². The number of nitrogens with zero attached hydrogens (tertiary/aromatic N) is 1. The second-order valence-corrected chi connectivity index (χ2v) is 5.69. The van der Waals surface area contributed by atoms with Gasteiger partial charge in [-0.3, -0.25) is 4.79 Å². The number of pyridine rings is 1. The molecule has 0 aliphatic heterocycles. The minimum Gasteiger partial charge on any atom is -0.367 e. The molecule has 0 atom stereocenters. The van der Waals surface area contributed by atoms with Gasteiger partial charge in [0.05, 0.1) is 5.56 Å². The fraction of sp³-hybridized carbons (Fsp3) is 0.176. The highest BCUT2D eigenvalue weighted by Gasteiger charge is 2.07. The first-order chi connectivity index (χ1) is 11.1. The van der Waals surface area contributed by atoms with Crippen molar-refractivity contribution in [2.45, 2.75) is 6.42 Å². The summed E-state index contributed by atoms with van der Waals surface area (Å²) < 4.78 is 0. The quantitative estimate of drug-likeness (QED) is 0.744. The third-order valence-corrected chi connectivity index (χ3v) is 3.74. The van der Waals surface area contributed by atoms with Gasteiger partial charge in [0.2, 0.25) is 0 Å². The van der Waals surface area contributed by atoms with Crippen LogP contribution in [0.2, 0.25) is 10.0 Å². The van der Waals surface area contributed by atoms with Gasteiger partial charge in [-0.15, -0.1) is 6.58 Å². The van der Waals surface area contributed by atoms with Gasteiger partial charge < -0.3 is 10.6 Å². The first kappa shape index (κ1) is 17.3. The van der Waals surface area contributed by atoms with Gasteiger partial charge in [0.25, 0.3) is 5.91 Å². The van der Waals surface area contributed by atoms with E-state index in [1.165, 1.54) is 6.20 Å². The molecule has 4 nitrogen and oxygen atoms in total. The number of halogens is 2. The molecule has 0 saturated carbocycles. The Hall–Kier alpha value is -2.04. The molecule has 0 aliphatic carbocycles. The highest BCUT2D eigenvalue weighted by Crippen LogP contribution is 2.21. The molecule has 0 radical (unpaired) electrons. The largest absolute Gasteiger partial charge is 0.367 e. The lowest BCUT2D eigenvalue weighted by molar-refractivity contribution is 0.0954. The predicted molar refractivity (Wildman–Crippen MR) is 95.4 cm³/mol. The molecule has 120 valence electrons. The zero-order chi connectivity index (χ0) is 16.7. The maximum Gasteiger partial charge on any atom is 0.252 e. The number of benzene rings is 1. The highest BCUT2D eigenvalue weighted by molar-refractivity contribution is 6.35. The smallest absolute Gasteiger partial charge is 0.252 e. The van der Waals surface area contributed by atoms with Crippen molar-refractivity contribution in [1.82, 2.24) is 10.3 Å². The lowest BCUT2D eigenvalue weighted by atomic mass is 10.1. The average Bonchev–Trinajstić information content (AvgIpc) is 2.55. The molecule has 0 bridgehead atoms. The van der Waals surface area contributed by atoms with Crippen molar-refractivity contribution in [1.29, 1.82) is 0 Å². The normalized spacial score (nSPS) is 10.2. The van der Waals surface area contributed by atoms with Gasteiger partial charge in [-0.2, -0.15) is 0 Å². The molecular weight excluding hydrogens is 333 g/mol. The molecule has 23 heavy (non-hydrogen) atoms. The standard InChI is InChI=1S/C17H17Cl2N3O/c1-2-8-20-16-6-4-13(11-22-16)17(23)21-9-7-12-3-5-14(18)10-15(12)19/h2-6,10-11H,1,7-9H2,(H,20,22)(H,21,23). The third kappa shape index (κ3) is 5.27. The van der Waals surface area contributed by atoms with Gasteiger partial charge in [0, 0.05) is 29.3 Å². The Morgan fingerprint density at radius 1 is 1.26 bits per heavy atom. The summed E-state index contributed by atoms with van der Waals surface area (Å²) in [6.45, 7) is 4.73. The second kappa shape index (κ2) is 8.56. The fourth-order valence-corrected chi connectivity index (χ4v) is 2.45. The summed E-state index contributed by atoms with van der Waals surface area (Å²) in [6.07, 6.45) is 3.91. The zero-order valence-electron chi connectivity index (χ0n) is 12.5. The molecule has 2 N–H and O–H groups in total. The van der Waals surface area contributed by atoms with Crippen LogP contribution in [0.3, 0.4) is 0 Å². The van der Waals surface area contributed by atoms with Crippen molar-refractivity contribution in [2.75, 3.05) is 18.4 Å². The van der Waals surface area contributed by atoms with Gasteiger partial charge in [-0.05, 0) is 36.2 Å². The minimum absolute atomic E-state index is 0.169. The highest BCUT2D eigenvalue weighted by atomic mass is 35.5. The van der Waals surface area contributed by atoms with Crippen LogP contribution >= 0.6 is 23.2 Å². The van der Waals surface area contributed by atoms with E-state index in [0.29, 0.717) is 40.9 Å². The Morgan fingerprint density at radius 3 is 2.74 bits per heavy atom. The number of anilines is 1. The van der Waals surface area contributed by atoms with Crippen LogP contribution in [-0.2, 0) is 6.42 Å². The molecule has 0 saturated heterocycles. The Bertz CT molecular complexity index is 687. The minimum atomic E-state index is -0.169. The summed E-state index contributed by atoms with van der Waals surface area (Å²) in [5, 5.41) is 7.09. The second-order valence-electron chi connectivity index (χ2n) is 4.84. The molecule has 2 aromatic rings. The Labute approximate surface area is 145 Å². The van der Waals surface area contributed by atoms with Gasteiger partial charge >= 0.3 is 0 Å². The summed E-state index contributed by atoms with van der Waals surface area (Å²) in [5.41, 5.74) is 1.45. The van der Waals surface area contributed by atoms with Gasteiger partial charge in [0.1, 0.15) is 5.82 Å². The van der Waals surface area contributed by atoms with Gasteiger partial charge in [-0.1, -0.05) is 35.3 Å². The van der Waals surface area contributed by atoms with E-state index in [-0.39, 0.29) is 5.91 Å². The number of hydrogen-bond acceptors (Lipinski definition) is 3. The summed E-state index contributed by atoms with van der Waals surface area (Å²) >= 11 is 12.0. The van der Waals surface area contributed by atoms with Gasteiger partial charge in [0.15, 0.2) is 0 Å². The molecule has 0 spiro atoms. The molecule has 1 aromatic carbocycles. The summed E-state index contributed by atoms with van der Waals surface area (Å²) in [4.78, 5) is 16.2. The van der Waals surface area contributed by atoms with E-state index < -0.39 is 0 Å². The Morgan fingerprint density at radius 2 is 2.09 bits per heavy atom. The topological polar surface area (TPSA) is 54.0 Å².